The molecule has 4 N–H and O–H groups in total. The van der Waals surface area contributed by atoms with Gasteiger partial charge in [0, 0.05) is 23.7 Å². The number of amides is 3. The lowest BCUT2D eigenvalue weighted by molar-refractivity contribution is -0.116. The molecule has 28 heavy (non-hydrogen) atoms. The number of anilines is 1. The van der Waals surface area contributed by atoms with Gasteiger partial charge in [-0.2, -0.15) is 17.0 Å². The maximum Gasteiger partial charge on any atom is 0.326 e. The molecule has 0 atom stereocenters. The van der Waals surface area contributed by atoms with E-state index in [-0.39, 0.29) is 17.9 Å². The Kier molecular flexibility index (Phi) is 10.3. The normalized spacial score (nSPS) is 11.0. The van der Waals surface area contributed by atoms with E-state index < -0.39 is 11.9 Å². The molecule has 0 unspecified atom stereocenters. The predicted octanol–water partition coefficient (Wildman–Crippen LogP) is 1.46. The van der Waals surface area contributed by atoms with Crippen LogP contribution in [-0.4, -0.2) is 55.9 Å². The van der Waals surface area contributed by atoms with Crippen molar-refractivity contribution < 1.29 is 24.2 Å². The van der Waals surface area contributed by atoms with Crippen molar-refractivity contribution >= 4 is 29.4 Å². The van der Waals surface area contributed by atoms with Crippen LogP contribution in [0.2, 0.25) is 0 Å². The number of rotatable bonds is 10. The van der Waals surface area contributed by atoms with E-state index in [1.165, 1.54) is 26.0 Å². The van der Waals surface area contributed by atoms with Crippen LogP contribution in [0, 0.1) is 11.3 Å². The summed E-state index contributed by atoms with van der Waals surface area (Å²) in [7, 11) is 2.88. The largest absolute Gasteiger partial charge is 0.494 e. The monoisotopic (exact) mass is 408 g/mol. The van der Waals surface area contributed by atoms with Crippen molar-refractivity contribution in [2.24, 2.45) is 0 Å². The summed E-state index contributed by atoms with van der Waals surface area (Å²) >= 11 is 1.54. The summed E-state index contributed by atoms with van der Waals surface area (Å²) in [6.45, 7) is 2.19. The number of imide groups is 1. The smallest absolute Gasteiger partial charge is 0.326 e. The first kappa shape index (κ1) is 23.1. The molecule has 0 saturated heterocycles. The summed E-state index contributed by atoms with van der Waals surface area (Å²) in [5.41, 5.74) is 0.414. The Morgan fingerprint density at radius 2 is 1.86 bits per heavy atom. The first-order valence-corrected chi connectivity index (χ1v) is 9.50. The Bertz CT molecular complexity index is 739. The Morgan fingerprint density at radius 1 is 1.21 bits per heavy atom. The highest BCUT2D eigenvalue weighted by Crippen LogP contribution is 2.33. The van der Waals surface area contributed by atoms with Crippen molar-refractivity contribution in [1.29, 1.82) is 5.26 Å². The Labute approximate surface area is 168 Å². The van der Waals surface area contributed by atoms with Crippen LogP contribution in [0.15, 0.2) is 29.5 Å². The lowest BCUT2D eigenvalue weighted by Gasteiger charge is -2.14. The molecule has 152 valence electrons. The van der Waals surface area contributed by atoms with Gasteiger partial charge in [0.2, 0.25) is 0 Å². The lowest BCUT2D eigenvalue weighted by atomic mass is 10.2. The van der Waals surface area contributed by atoms with Crippen LogP contribution in [0.25, 0.3) is 0 Å². The minimum Gasteiger partial charge on any atom is -0.494 e. The molecule has 0 aliphatic carbocycles. The molecule has 1 aromatic carbocycles. The summed E-state index contributed by atoms with van der Waals surface area (Å²) in [6.07, 6.45) is 0. The number of ether oxygens (including phenoxy) is 2. The number of carbonyl (C=O) groups excluding carboxylic acids is 2. The zero-order valence-electron chi connectivity index (χ0n) is 16.0. The number of benzene rings is 1. The molecule has 0 aliphatic rings. The van der Waals surface area contributed by atoms with Crippen LogP contribution in [0.5, 0.6) is 11.5 Å². The van der Waals surface area contributed by atoms with E-state index >= 15 is 0 Å². The second kappa shape index (κ2) is 12.5. The molecule has 0 bridgehead atoms. The van der Waals surface area contributed by atoms with Crippen LogP contribution in [0.1, 0.15) is 6.92 Å². The first-order chi connectivity index (χ1) is 13.5. The summed E-state index contributed by atoms with van der Waals surface area (Å²) in [6, 6.07) is 5.92. The minimum atomic E-state index is -0.832. The highest BCUT2D eigenvalue weighted by atomic mass is 32.2. The van der Waals surface area contributed by atoms with Gasteiger partial charge in [0.1, 0.15) is 28.8 Å². The summed E-state index contributed by atoms with van der Waals surface area (Å²) in [4.78, 5) is 24.5. The molecule has 0 spiro atoms. The SMILES string of the molecule is COc1cccc(OC)c1NC(=O)NC(=O)/C(C#N)=C(\C)NCCSCCO. The molecule has 0 aliphatic heterocycles. The maximum absolute atomic E-state index is 12.3. The fraction of sp³-hybridized carbons (Fsp3) is 0.389. The van der Waals surface area contributed by atoms with Crippen LogP contribution >= 0.6 is 11.8 Å². The topological polar surface area (TPSA) is 133 Å². The fourth-order valence-electron chi connectivity index (χ4n) is 2.16. The number of allylic oxidation sites excluding steroid dienone is 1. The van der Waals surface area contributed by atoms with Gasteiger partial charge >= 0.3 is 6.03 Å². The van der Waals surface area contributed by atoms with Crippen molar-refractivity contribution in [3.63, 3.8) is 0 Å². The molecular weight excluding hydrogens is 384 g/mol. The highest BCUT2D eigenvalue weighted by Gasteiger charge is 2.18. The average Bonchev–Trinajstić information content (AvgIpc) is 2.68. The number of methoxy groups -OCH3 is 2. The van der Waals surface area contributed by atoms with Gasteiger partial charge in [-0.15, -0.1) is 0 Å². The van der Waals surface area contributed by atoms with Crippen molar-refractivity contribution in [3.8, 4) is 17.6 Å². The zero-order valence-corrected chi connectivity index (χ0v) is 16.8. The second-order valence-electron chi connectivity index (χ2n) is 5.32. The molecular formula is C18H24N4O5S. The molecule has 0 fully saturated rings. The number of thioether (sulfide) groups is 1. The fourth-order valence-corrected chi connectivity index (χ4v) is 2.74. The third kappa shape index (κ3) is 7.02. The van der Waals surface area contributed by atoms with Crippen molar-refractivity contribution in [2.45, 2.75) is 6.92 Å². The summed E-state index contributed by atoms with van der Waals surface area (Å²) in [5, 5.41) is 25.6. The van der Waals surface area contributed by atoms with Gasteiger partial charge in [0.05, 0.1) is 20.8 Å². The Hall–Kier alpha value is -2.90. The third-order valence-corrected chi connectivity index (χ3v) is 4.44. The van der Waals surface area contributed by atoms with Gasteiger partial charge in [0.25, 0.3) is 5.91 Å². The van der Waals surface area contributed by atoms with Crippen molar-refractivity contribution in [2.75, 3.05) is 44.2 Å². The van der Waals surface area contributed by atoms with E-state index in [2.05, 4.69) is 16.0 Å². The van der Waals surface area contributed by atoms with E-state index in [1.807, 2.05) is 0 Å². The number of hydrogen-bond donors (Lipinski definition) is 4. The van der Waals surface area contributed by atoms with Crippen molar-refractivity contribution in [3.05, 3.63) is 29.5 Å². The Morgan fingerprint density at radius 3 is 2.39 bits per heavy atom. The number of carbonyl (C=O) groups is 2. The average molecular weight is 408 g/mol. The predicted molar refractivity (Wildman–Crippen MR) is 107 cm³/mol. The van der Waals surface area contributed by atoms with Gasteiger partial charge in [-0.05, 0) is 19.1 Å². The van der Waals surface area contributed by atoms with Gasteiger partial charge in [0.15, 0.2) is 0 Å². The molecule has 1 rings (SSSR count). The quantitative estimate of drug-likeness (QED) is 0.260. The summed E-state index contributed by atoms with van der Waals surface area (Å²) < 4.78 is 10.4. The highest BCUT2D eigenvalue weighted by molar-refractivity contribution is 7.99. The van der Waals surface area contributed by atoms with Gasteiger partial charge in [-0.3, -0.25) is 10.1 Å². The molecule has 1 aromatic rings. The molecule has 0 radical (unpaired) electrons. The Balaban J connectivity index is 2.76. The maximum atomic E-state index is 12.3. The van der Waals surface area contributed by atoms with E-state index in [1.54, 1.807) is 31.2 Å². The van der Waals surface area contributed by atoms with E-state index in [0.717, 1.165) is 0 Å². The van der Waals surface area contributed by atoms with Crippen LogP contribution in [-0.2, 0) is 4.79 Å². The first-order valence-electron chi connectivity index (χ1n) is 8.35. The van der Waals surface area contributed by atoms with Crippen LogP contribution < -0.4 is 25.4 Å². The number of nitrogens with one attached hydrogen (secondary N) is 3. The van der Waals surface area contributed by atoms with Gasteiger partial charge in [-0.25, -0.2) is 4.79 Å². The number of hydrogen-bond acceptors (Lipinski definition) is 8. The third-order valence-electron chi connectivity index (χ3n) is 3.48. The molecule has 9 nitrogen and oxygen atoms in total. The zero-order chi connectivity index (χ0) is 20.9. The molecule has 0 heterocycles. The summed E-state index contributed by atoms with van der Waals surface area (Å²) in [5.74, 6) is 1.20. The molecule has 0 aromatic heterocycles. The van der Waals surface area contributed by atoms with E-state index in [0.29, 0.717) is 35.2 Å². The minimum absolute atomic E-state index is 0.0947. The van der Waals surface area contributed by atoms with E-state index in [9.17, 15) is 14.9 Å². The van der Waals surface area contributed by atoms with Crippen LogP contribution in [0.3, 0.4) is 0 Å². The molecule has 10 heteroatoms. The number of nitrogens with zero attached hydrogens (tertiary/aromatic N) is 1. The number of aliphatic hydroxyl groups is 1. The standard InChI is InChI=1S/C18H24N4O5S/c1-12(20-7-9-28-10-8-23)13(11-19)17(24)22-18(25)21-16-14(26-2)5-4-6-15(16)27-3/h4-6,20,23H,7-10H2,1-3H3,(H2,21,22,24,25)/b13-12+. The number of nitriles is 1. The number of aliphatic hydroxyl groups excluding tert-OH is 1. The lowest BCUT2D eigenvalue weighted by Crippen LogP contribution is -2.36. The van der Waals surface area contributed by atoms with Crippen molar-refractivity contribution in [1.82, 2.24) is 10.6 Å². The van der Waals surface area contributed by atoms with Crippen LogP contribution in [0.4, 0.5) is 10.5 Å². The molecule has 0 saturated carbocycles. The number of para-hydroxylation sites is 1. The van der Waals surface area contributed by atoms with E-state index in [4.69, 9.17) is 14.6 Å². The van der Waals surface area contributed by atoms with Gasteiger partial charge in [-0.1, -0.05) is 6.07 Å². The second-order valence-corrected chi connectivity index (χ2v) is 6.55. The van der Waals surface area contributed by atoms with Gasteiger partial charge < -0.3 is 25.2 Å². The number of urea groups is 1. The molecule has 3 amide bonds.